The molecule has 0 aromatic heterocycles. The SMILES string of the molecule is COc1ccc(CN(C)C2CCC(C)CC2)c(O)c1. The van der Waals surface area contributed by atoms with Crippen molar-refractivity contribution in [2.75, 3.05) is 14.2 Å². The molecule has 0 saturated heterocycles. The monoisotopic (exact) mass is 263 g/mol. The first-order chi connectivity index (χ1) is 9.10. The van der Waals surface area contributed by atoms with E-state index >= 15 is 0 Å². The molecule has 0 amide bonds. The fraction of sp³-hybridized carbons (Fsp3) is 0.625. The van der Waals surface area contributed by atoms with Crippen molar-refractivity contribution in [3.63, 3.8) is 0 Å². The van der Waals surface area contributed by atoms with Crippen molar-refractivity contribution in [3.8, 4) is 11.5 Å². The van der Waals surface area contributed by atoms with Crippen LogP contribution in [0.15, 0.2) is 18.2 Å². The van der Waals surface area contributed by atoms with Crippen molar-refractivity contribution < 1.29 is 9.84 Å². The Balaban J connectivity index is 1.96. The van der Waals surface area contributed by atoms with Gasteiger partial charge in [0.1, 0.15) is 11.5 Å². The van der Waals surface area contributed by atoms with Crippen LogP contribution in [0.25, 0.3) is 0 Å². The van der Waals surface area contributed by atoms with E-state index in [0.717, 1.165) is 18.0 Å². The van der Waals surface area contributed by atoms with Crippen LogP contribution in [0.1, 0.15) is 38.2 Å². The van der Waals surface area contributed by atoms with Gasteiger partial charge in [0.15, 0.2) is 0 Å². The Morgan fingerprint density at radius 2 is 1.95 bits per heavy atom. The van der Waals surface area contributed by atoms with E-state index in [1.807, 2.05) is 12.1 Å². The zero-order valence-electron chi connectivity index (χ0n) is 12.2. The topological polar surface area (TPSA) is 32.7 Å². The number of ether oxygens (including phenoxy) is 1. The molecule has 1 aromatic rings. The number of phenolic OH excluding ortho intramolecular Hbond substituents is 1. The second kappa shape index (κ2) is 6.29. The number of methoxy groups -OCH3 is 1. The van der Waals surface area contributed by atoms with Gasteiger partial charge in [-0.15, -0.1) is 0 Å². The van der Waals surface area contributed by atoms with Crippen LogP contribution in [0.4, 0.5) is 0 Å². The molecule has 2 rings (SSSR count). The minimum absolute atomic E-state index is 0.329. The van der Waals surface area contributed by atoms with E-state index in [4.69, 9.17) is 4.74 Å². The Morgan fingerprint density at radius 1 is 1.26 bits per heavy atom. The lowest BCUT2D eigenvalue weighted by atomic mass is 9.86. The number of benzene rings is 1. The predicted molar refractivity (Wildman–Crippen MR) is 77.5 cm³/mol. The standard InChI is InChI=1S/C16H25NO2/c1-12-4-7-14(8-5-12)17(2)11-13-6-9-15(19-3)10-16(13)18/h6,9-10,12,14,18H,4-5,7-8,11H2,1-3H3. The lowest BCUT2D eigenvalue weighted by molar-refractivity contribution is 0.162. The maximum Gasteiger partial charge on any atom is 0.123 e. The maximum atomic E-state index is 10.0. The molecule has 1 N–H and O–H groups in total. The summed E-state index contributed by atoms with van der Waals surface area (Å²) in [5.41, 5.74) is 0.974. The molecule has 3 heteroatoms. The quantitative estimate of drug-likeness (QED) is 0.903. The van der Waals surface area contributed by atoms with E-state index in [1.54, 1.807) is 13.2 Å². The highest BCUT2D eigenvalue weighted by molar-refractivity contribution is 5.39. The summed E-state index contributed by atoms with van der Waals surface area (Å²) < 4.78 is 5.11. The van der Waals surface area contributed by atoms with Gasteiger partial charge >= 0.3 is 0 Å². The van der Waals surface area contributed by atoms with E-state index in [9.17, 15) is 5.11 Å². The molecule has 0 radical (unpaired) electrons. The number of hydrogen-bond donors (Lipinski definition) is 1. The number of hydrogen-bond acceptors (Lipinski definition) is 3. The Kier molecular flexibility index (Phi) is 4.70. The Hall–Kier alpha value is -1.22. The third-order valence-electron chi connectivity index (χ3n) is 4.32. The lowest BCUT2D eigenvalue weighted by Gasteiger charge is -2.33. The molecule has 0 atom stereocenters. The van der Waals surface area contributed by atoms with Gasteiger partial charge < -0.3 is 9.84 Å². The molecule has 0 heterocycles. The first-order valence-corrected chi connectivity index (χ1v) is 7.16. The summed E-state index contributed by atoms with van der Waals surface area (Å²) in [4.78, 5) is 2.37. The van der Waals surface area contributed by atoms with Crippen LogP contribution in [0.2, 0.25) is 0 Å². The molecule has 19 heavy (non-hydrogen) atoms. The summed E-state index contributed by atoms with van der Waals surface area (Å²) in [6.45, 7) is 3.14. The van der Waals surface area contributed by atoms with Gasteiger partial charge in [-0.05, 0) is 44.7 Å². The Morgan fingerprint density at radius 3 is 2.53 bits per heavy atom. The van der Waals surface area contributed by atoms with Crippen molar-refractivity contribution in [1.82, 2.24) is 4.90 Å². The van der Waals surface area contributed by atoms with Crippen molar-refractivity contribution in [3.05, 3.63) is 23.8 Å². The van der Waals surface area contributed by atoms with Crippen LogP contribution >= 0.6 is 0 Å². The van der Waals surface area contributed by atoms with Gasteiger partial charge in [0, 0.05) is 24.2 Å². The summed E-state index contributed by atoms with van der Waals surface area (Å²) in [5, 5.41) is 10.0. The van der Waals surface area contributed by atoms with Gasteiger partial charge in [0.05, 0.1) is 7.11 Å². The van der Waals surface area contributed by atoms with E-state index in [1.165, 1.54) is 25.7 Å². The van der Waals surface area contributed by atoms with Gasteiger partial charge in [-0.25, -0.2) is 0 Å². The van der Waals surface area contributed by atoms with Crippen molar-refractivity contribution >= 4 is 0 Å². The second-order valence-corrected chi connectivity index (χ2v) is 5.82. The molecule has 1 aliphatic rings. The highest BCUT2D eigenvalue weighted by atomic mass is 16.5. The molecule has 1 fully saturated rings. The number of aromatic hydroxyl groups is 1. The predicted octanol–water partition coefficient (Wildman–Crippen LogP) is 3.41. The minimum atomic E-state index is 0.329. The highest BCUT2D eigenvalue weighted by Crippen LogP contribution is 2.29. The molecular weight excluding hydrogens is 238 g/mol. The lowest BCUT2D eigenvalue weighted by Crippen LogP contribution is -2.34. The fourth-order valence-electron chi connectivity index (χ4n) is 2.89. The van der Waals surface area contributed by atoms with Crippen molar-refractivity contribution in [2.45, 2.75) is 45.2 Å². The summed E-state index contributed by atoms with van der Waals surface area (Å²) in [5.74, 6) is 1.91. The molecule has 0 unspecified atom stereocenters. The van der Waals surface area contributed by atoms with E-state index < -0.39 is 0 Å². The summed E-state index contributed by atoms with van der Waals surface area (Å²) in [7, 11) is 3.77. The molecule has 1 aliphatic carbocycles. The average Bonchev–Trinajstić information content (AvgIpc) is 2.41. The molecule has 3 nitrogen and oxygen atoms in total. The van der Waals surface area contributed by atoms with Gasteiger partial charge in [0.2, 0.25) is 0 Å². The Bertz CT molecular complexity index is 411. The first-order valence-electron chi connectivity index (χ1n) is 7.16. The van der Waals surface area contributed by atoms with Gasteiger partial charge in [-0.3, -0.25) is 4.90 Å². The van der Waals surface area contributed by atoms with Crippen LogP contribution in [0.5, 0.6) is 11.5 Å². The van der Waals surface area contributed by atoms with Gasteiger partial charge in [-0.1, -0.05) is 13.0 Å². The molecule has 0 aliphatic heterocycles. The number of nitrogens with zero attached hydrogens (tertiary/aromatic N) is 1. The minimum Gasteiger partial charge on any atom is -0.507 e. The molecule has 0 spiro atoms. The van der Waals surface area contributed by atoms with Crippen LogP contribution in [-0.2, 0) is 6.54 Å². The van der Waals surface area contributed by atoms with Crippen molar-refractivity contribution in [2.24, 2.45) is 5.92 Å². The zero-order valence-corrected chi connectivity index (χ0v) is 12.2. The second-order valence-electron chi connectivity index (χ2n) is 5.82. The zero-order chi connectivity index (χ0) is 13.8. The van der Waals surface area contributed by atoms with E-state index in [-0.39, 0.29) is 0 Å². The van der Waals surface area contributed by atoms with E-state index in [2.05, 4.69) is 18.9 Å². The Labute approximate surface area is 116 Å². The average molecular weight is 263 g/mol. The largest absolute Gasteiger partial charge is 0.507 e. The highest BCUT2D eigenvalue weighted by Gasteiger charge is 2.22. The number of rotatable bonds is 4. The van der Waals surface area contributed by atoms with Crippen LogP contribution < -0.4 is 4.74 Å². The third kappa shape index (κ3) is 3.63. The first kappa shape index (κ1) is 14.2. The van der Waals surface area contributed by atoms with Crippen LogP contribution in [0, 0.1) is 5.92 Å². The van der Waals surface area contributed by atoms with Crippen LogP contribution in [-0.4, -0.2) is 30.2 Å². The van der Waals surface area contributed by atoms with Gasteiger partial charge in [0.25, 0.3) is 0 Å². The number of phenols is 1. The molecule has 106 valence electrons. The van der Waals surface area contributed by atoms with E-state index in [0.29, 0.717) is 17.5 Å². The normalized spacial score (nSPS) is 23.6. The fourth-order valence-corrected chi connectivity index (χ4v) is 2.89. The molecular formula is C16H25NO2. The van der Waals surface area contributed by atoms with Gasteiger partial charge in [-0.2, -0.15) is 0 Å². The maximum absolute atomic E-state index is 10.0. The summed E-state index contributed by atoms with van der Waals surface area (Å²) in [6, 6.07) is 6.20. The third-order valence-corrected chi connectivity index (χ3v) is 4.32. The molecule has 1 aromatic carbocycles. The van der Waals surface area contributed by atoms with Crippen molar-refractivity contribution in [1.29, 1.82) is 0 Å². The molecule has 1 saturated carbocycles. The van der Waals surface area contributed by atoms with Crippen LogP contribution in [0.3, 0.4) is 0 Å². The smallest absolute Gasteiger partial charge is 0.123 e. The summed E-state index contributed by atoms with van der Waals surface area (Å²) >= 11 is 0. The summed E-state index contributed by atoms with van der Waals surface area (Å²) in [6.07, 6.45) is 5.19. The molecule has 0 bridgehead atoms.